The van der Waals surface area contributed by atoms with E-state index in [0.717, 1.165) is 24.2 Å². The maximum Gasteiger partial charge on any atom is 0.253 e. The Kier molecular flexibility index (Phi) is 4.22. The Labute approximate surface area is 142 Å². The number of hydrogen-bond donors (Lipinski definition) is 3. The molecule has 0 saturated carbocycles. The van der Waals surface area contributed by atoms with Crippen LogP contribution in [0.5, 0.6) is 0 Å². The minimum atomic E-state index is 0.0142. The highest BCUT2D eigenvalue weighted by molar-refractivity contribution is 6.00. The van der Waals surface area contributed by atoms with E-state index in [4.69, 9.17) is 0 Å². The fourth-order valence-corrected chi connectivity index (χ4v) is 3.91. The van der Waals surface area contributed by atoms with Crippen molar-refractivity contribution in [3.8, 4) is 0 Å². The van der Waals surface area contributed by atoms with Crippen molar-refractivity contribution in [1.29, 1.82) is 0 Å². The van der Waals surface area contributed by atoms with E-state index in [-0.39, 0.29) is 11.9 Å². The molecule has 0 aliphatic carbocycles. The number of fused-ring (bicyclic) bond motifs is 2. The van der Waals surface area contributed by atoms with Gasteiger partial charge in [0, 0.05) is 23.8 Å². The quantitative estimate of drug-likeness (QED) is 0.808. The van der Waals surface area contributed by atoms with E-state index in [2.05, 4.69) is 16.0 Å². The van der Waals surface area contributed by atoms with Crippen LogP contribution in [-0.4, -0.2) is 24.0 Å². The lowest BCUT2D eigenvalue weighted by atomic mass is 9.99. The summed E-state index contributed by atoms with van der Waals surface area (Å²) in [5.41, 5.74) is 2.53. The maximum atomic E-state index is 12.8. The highest BCUT2D eigenvalue weighted by Crippen LogP contribution is 2.27. The molecule has 124 valence electrons. The lowest BCUT2D eigenvalue weighted by Crippen LogP contribution is -2.48. The van der Waals surface area contributed by atoms with E-state index >= 15 is 0 Å². The molecule has 2 bridgehead atoms. The van der Waals surface area contributed by atoms with Crippen LogP contribution in [0.25, 0.3) is 0 Å². The molecule has 4 heteroatoms. The summed E-state index contributed by atoms with van der Waals surface area (Å²) in [5.74, 6) is 0.0142. The van der Waals surface area contributed by atoms with Gasteiger partial charge in [-0.15, -0.1) is 0 Å². The number of nitrogens with one attached hydrogen (secondary N) is 3. The smallest absolute Gasteiger partial charge is 0.253 e. The minimum Gasteiger partial charge on any atom is -0.355 e. The van der Waals surface area contributed by atoms with Gasteiger partial charge >= 0.3 is 0 Å². The van der Waals surface area contributed by atoms with E-state index in [0.29, 0.717) is 17.6 Å². The number of rotatable bonds is 4. The second-order valence-corrected chi connectivity index (χ2v) is 6.82. The van der Waals surface area contributed by atoms with Gasteiger partial charge in [-0.25, -0.2) is 0 Å². The van der Waals surface area contributed by atoms with Gasteiger partial charge in [0.15, 0.2) is 0 Å². The number of carbonyl (C=O) groups is 1. The second kappa shape index (κ2) is 6.65. The first-order valence-electron chi connectivity index (χ1n) is 8.76. The SMILES string of the molecule is O=C(NC1CC2CCC(C1)N2)c1ccccc1Nc1ccccc1. The topological polar surface area (TPSA) is 53.2 Å². The number of benzene rings is 2. The van der Waals surface area contributed by atoms with Crippen molar-refractivity contribution >= 4 is 17.3 Å². The third-order valence-electron chi connectivity index (χ3n) is 5.03. The average Bonchev–Trinajstić information content (AvgIpc) is 2.95. The second-order valence-electron chi connectivity index (χ2n) is 6.82. The third-order valence-corrected chi connectivity index (χ3v) is 5.03. The summed E-state index contributed by atoms with van der Waals surface area (Å²) < 4.78 is 0. The van der Waals surface area contributed by atoms with E-state index in [9.17, 15) is 4.79 Å². The van der Waals surface area contributed by atoms with E-state index in [1.807, 2.05) is 54.6 Å². The fraction of sp³-hybridized carbons (Fsp3) is 0.350. The molecule has 24 heavy (non-hydrogen) atoms. The van der Waals surface area contributed by atoms with Crippen molar-refractivity contribution in [2.45, 2.75) is 43.8 Å². The Balaban J connectivity index is 1.48. The third kappa shape index (κ3) is 3.29. The number of para-hydroxylation sites is 2. The first kappa shape index (κ1) is 15.2. The normalized spacial score (nSPS) is 25.2. The molecule has 2 aromatic rings. The summed E-state index contributed by atoms with van der Waals surface area (Å²) in [6.45, 7) is 0. The first-order chi connectivity index (χ1) is 11.8. The van der Waals surface area contributed by atoms with Gasteiger partial charge in [-0.05, 0) is 49.9 Å². The standard InChI is InChI=1S/C20H23N3O/c24-20(23-17-12-15-10-11-16(13-17)21-15)18-8-4-5-9-19(18)22-14-6-2-1-3-7-14/h1-9,15-17,21-22H,10-13H2,(H,23,24). The summed E-state index contributed by atoms with van der Waals surface area (Å²) in [5, 5.41) is 10.2. The summed E-state index contributed by atoms with van der Waals surface area (Å²) in [4.78, 5) is 12.8. The van der Waals surface area contributed by atoms with Crippen molar-refractivity contribution in [1.82, 2.24) is 10.6 Å². The molecule has 2 fully saturated rings. The van der Waals surface area contributed by atoms with Crippen molar-refractivity contribution in [3.05, 3.63) is 60.2 Å². The van der Waals surface area contributed by atoms with Crippen molar-refractivity contribution in [3.63, 3.8) is 0 Å². The van der Waals surface area contributed by atoms with Crippen LogP contribution in [0.1, 0.15) is 36.0 Å². The van der Waals surface area contributed by atoms with Gasteiger partial charge < -0.3 is 16.0 Å². The molecule has 2 atom stereocenters. The molecule has 1 amide bonds. The highest BCUT2D eigenvalue weighted by atomic mass is 16.1. The first-order valence-corrected chi connectivity index (χ1v) is 8.76. The Morgan fingerprint density at radius 1 is 0.917 bits per heavy atom. The molecule has 2 unspecified atom stereocenters. The molecule has 2 aromatic carbocycles. The van der Waals surface area contributed by atoms with Gasteiger partial charge in [-0.2, -0.15) is 0 Å². The molecule has 0 aromatic heterocycles. The Hall–Kier alpha value is -2.33. The molecular formula is C20H23N3O. The van der Waals surface area contributed by atoms with Crippen LogP contribution in [0.4, 0.5) is 11.4 Å². The van der Waals surface area contributed by atoms with E-state index in [1.165, 1.54) is 12.8 Å². The zero-order chi connectivity index (χ0) is 16.4. The van der Waals surface area contributed by atoms with Gasteiger partial charge in [0.05, 0.1) is 11.3 Å². The number of amides is 1. The van der Waals surface area contributed by atoms with Crippen LogP contribution in [0, 0.1) is 0 Å². The number of hydrogen-bond acceptors (Lipinski definition) is 3. The monoisotopic (exact) mass is 321 g/mol. The van der Waals surface area contributed by atoms with Crippen molar-refractivity contribution in [2.75, 3.05) is 5.32 Å². The number of piperidine rings is 1. The Morgan fingerprint density at radius 2 is 1.58 bits per heavy atom. The molecule has 0 spiro atoms. The molecule has 2 saturated heterocycles. The Morgan fingerprint density at radius 3 is 2.33 bits per heavy atom. The predicted molar refractivity (Wildman–Crippen MR) is 96.6 cm³/mol. The zero-order valence-electron chi connectivity index (χ0n) is 13.7. The minimum absolute atomic E-state index is 0.0142. The van der Waals surface area contributed by atoms with Crippen molar-refractivity contribution < 1.29 is 4.79 Å². The van der Waals surface area contributed by atoms with Gasteiger partial charge in [-0.1, -0.05) is 30.3 Å². The average molecular weight is 321 g/mol. The molecule has 3 N–H and O–H groups in total. The summed E-state index contributed by atoms with van der Waals surface area (Å²) in [6, 6.07) is 19.1. The molecule has 2 heterocycles. The van der Waals surface area contributed by atoms with E-state index in [1.54, 1.807) is 0 Å². The van der Waals surface area contributed by atoms with Crippen LogP contribution in [0.3, 0.4) is 0 Å². The van der Waals surface area contributed by atoms with Crippen LogP contribution in [-0.2, 0) is 0 Å². The van der Waals surface area contributed by atoms with Gasteiger partial charge in [-0.3, -0.25) is 4.79 Å². The molecule has 0 radical (unpaired) electrons. The maximum absolute atomic E-state index is 12.8. The lowest BCUT2D eigenvalue weighted by molar-refractivity contribution is 0.0925. The molecule has 4 nitrogen and oxygen atoms in total. The van der Waals surface area contributed by atoms with Crippen LogP contribution >= 0.6 is 0 Å². The molecule has 2 aliphatic rings. The summed E-state index contributed by atoms with van der Waals surface area (Å²) in [7, 11) is 0. The molecular weight excluding hydrogens is 298 g/mol. The highest BCUT2D eigenvalue weighted by Gasteiger charge is 2.34. The fourth-order valence-electron chi connectivity index (χ4n) is 3.91. The van der Waals surface area contributed by atoms with Crippen LogP contribution in [0.15, 0.2) is 54.6 Å². The van der Waals surface area contributed by atoms with Gasteiger partial charge in [0.2, 0.25) is 0 Å². The van der Waals surface area contributed by atoms with Crippen LogP contribution in [0.2, 0.25) is 0 Å². The summed E-state index contributed by atoms with van der Waals surface area (Å²) in [6.07, 6.45) is 4.55. The Bertz CT molecular complexity index is 704. The van der Waals surface area contributed by atoms with E-state index < -0.39 is 0 Å². The number of anilines is 2. The zero-order valence-corrected chi connectivity index (χ0v) is 13.7. The largest absolute Gasteiger partial charge is 0.355 e. The van der Waals surface area contributed by atoms with Gasteiger partial charge in [0.25, 0.3) is 5.91 Å². The molecule has 4 rings (SSSR count). The predicted octanol–water partition coefficient (Wildman–Crippen LogP) is 3.44. The van der Waals surface area contributed by atoms with Gasteiger partial charge in [0.1, 0.15) is 0 Å². The molecule has 2 aliphatic heterocycles. The number of carbonyl (C=O) groups excluding carboxylic acids is 1. The van der Waals surface area contributed by atoms with Crippen LogP contribution < -0.4 is 16.0 Å². The van der Waals surface area contributed by atoms with Crippen molar-refractivity contribution in [2.24, 2.45) is 0 Å². The lowest BCUT2D eigenvalue weighted by Gasteiger charge is -2.30. The summed E-state index contributed by atoms with van der Waals surface area (Å²) >= 11 is 0.